The topological polar surface area (TPSA) is 72.0 Å². The van der Waals surface area contributed by atoms with Gasteiger partial charge >= 0.3 is 0 Å². The molecule has 0 aliphatic rings. The second kappa shape index (κ2) is 9.54. The van der Waals surface area contributed by atoms with Gasteiger partial charge in [-0.15, -0.1) is 0 Å². The fourth-order valence-electron chi connectivity index (χ4n) is 3.62. The second-order valence-corrected chi connectivity index (χ2v) is 7.67. The molecule has 2 aromatic heterocycles. The first kappa shape index (κ1) is 21.3. The van der Waals surface area contributed by atoms with Crippen molar-refractivity contribution in [2.75, 3.05) is 17.7 Å². The second-order valence-electron chi connectivity index (χ2n) is 7.67. The normalized spacial score (nSPS) is 10.8. The summed E-state index contributed by atoms with van der Waals surface area (Å²) in [5.41, 5.74) is 3.93. The zero-order chi connectivity index (χ0) is 23.3. The van der Waals surface area contributed by atoms with Gasteiger partial charge in [0.05, 0.1) is 18.2 Å². The van der Waals surface area contributed by atoms with Gasteiger partial charge in [0.15, 0.2) is 5.82 Å². The molecule has 6 nitrogen and oxygen atoms in total. The van der Waals surface area contributed by atoms with Crippen LogP contribution in [0.2, 0.25) is 0 Å². The third-order valence-electron chi connectivity index (χ3n) is 5.41. The standard InChI is InChI=1S/C27H22FN5O/c1-34-21-9-6-18(7-10-21)17-30-20-8-11-25-23(16-20)27(31-19-12-14-29-15-13-19)33-26(32-25)22-4-2-3-5-24(22)28/h2-16,30H,17H2,1H3,(H,29,31,32,33). The van der Waals surface area contributed by atoms with Crippen molar-refractivity contribution in [2.24, 2.45) is 0 Å². The molecule has 0 aliphatic heterocycles. The summed E-state index contributed by atoms with van der Waals surface area (Å²) in [6, 6.07) is 24.0. The van der Waals surface area contributed by atoms with Gasteiger partial charge in [-0.2, -0.15) is 0 Å². The number of anilines is 3. The molecule has 0 saturated heterocycles. The van der Waals surface area contributed by atoms with Gasteiger partial charge < -0.3 is 15.4 Å². The summed E-state index contributed by atoms with van der Waals surface area (Å²) in [6.45, 7) is 0.650. The van der Waals surface area contributed by atoms with E-state index in [1.807, 2.05) is 54.6 Å². The lowest BCUT2D eigenvalue weighted by molar-refractivity contribution is 0.414. The van der Waals surface area contributed by atoms with Gasteiger partial charge in [-0.3, -0.25) is 4.98 Å². The number of benzene rings is 3. The summed E-state index contributed by atoms with van der Waals surface area (Å²) in [6.07, 6.45) is 3.40. The van der Waals surface area contributed by atoms with Gasteiger partial charge in [0.1, 0.15) is 17.4 Å². The van der Waals surface area contributed by atoms with E-state index in [1.165, 1.54) is 6.07 Å². The monoisotopic (exact) mass is 451 g/mol. The van der Waals surface area contributed by atoms with Crippen LogP contribution in [-0.4, -0.2) is 22.1 Å². The number of hydrogen-bond acceptors (Lipinski definition) is 6. The fraction of sp³-hybridized carbons (Fsp3) is 0.0741. The average Bonchev–Trinajstić information content (AvgIpc) is 2.88. The van der Waals surface area contributed by atoms with Crippen molar-refractivity contribution in [3.8, 4) is 17.1 Å². The summed E-state index contributed by atoms with van der Waals surface area (Å²) >= 11 is 0. The Labute approximate surface area is 196 Å². The van der Waals surface area contributed by atoms with E-state index in [0.717, 1.165) is 28.1 Å². The number of halogens is 1. The quantitative estimate of drug-likeness (QED) is 0.307. The maximum atomic E-state index is 14.5. The Balaban J connectivity index is 1.51. The Bertz CT molecular complexity index is 1420. The lowest BCUT2D eigenvalue weighted by atomic mass is 10.1. The molecular formula is C27H22FN5O. The first-order valence-corrected chi connectivity index (χ1v) is 10.8. The summed E-state index contributed by atoms with van der Waals surface area (Å²) in [5, 5.41) is 7.59. The zero-order valence-electron chi connectivity index (χ0n) is 18.5. The van der Waals surface area contributed by atoms with E-state index in [4.69, 9.17) is 4.74 Å². The van der Waals surface area contributed by atoms with Crippen LogP contribution in [0.5, 0.6) is 5.75 Å². The summed E-state index contributed by atoms with van der Waals surface area (Å²) in [4.78, 5) is 13.4. The third kappa shape index (κ3) is 4.63. The van der Waals surface area contributed by atoms with Crippen LogP contribution in [0.3, 0.4) is 0 Å². The maximum absolute atomic E-state index is 14.5. The molecule has 0 aliphatic carbocycles. The van der Waals surface area contributed by atoms with Gasteiger partial charge in [0.2, 0.25) is 0 Å². The molecule has 0 atom stereocenters. The van der Waals surface area contributed by atoms with Crippen molar-refractivity contribution in [1.82, 2.24) is 15.0 Å². The Kier molecular flexibility index (Phi) is 5.99. The zero-order valence-corrected chi connectivity index (χ0v) is 18.5. The predicted octanol–water partition coefficient (Wildman–Crippen LogP) is 6.20. The maximum Gasteiger partial charge on any atom is 0.165 e. The van der Waals surface area contributed by atoms with Crippen molar-refractivity contribution in [3.05, 3.63) is 103 Å². The number of methoxy groups -OCH3 is 1. The highest BCUT2D eigenvalue weighted by atomic mass is 19.1. The summed E-state index contributed by atoms with van der Waals surface area (Å²) in [7, 11) is 1.65. The first-order valence-electron chi connectivity index (χ1n) is 10.8. The van der Waals surface area contributed by atoms with Crippen LogP contribution in [-0.2, 0) is 6.54 Å². The largest absolute Gasteiger partial charge is 0.497 e. The van der Waals surface area contributed by atoms with Gasteiger partial charge in [0.25, 0.3) is 0 Å². The number of hydrogen-bond donors (Lipinski definition) is 2. The molecular weight excluding hydrogens is 429 g/mol. The van der Waals surface area contributed by atoms with Crippen molar-refractivity contribution < 1.29 is 9.13 Å². The highest BCUT2D eigenvalue weighted by Crippen LogP contribution is 2.30. The molecule has 2 N–H and O–H groups in total. The first-order chi connectivity index (χ1) is 16.7. The van der Waals surface area contributed by atoms with Crippen LogP contribution in [0.15, 0.2) is 91.3 Å². The lowest BCUT2D eigenvalue weighted by Gasteiger charge is -2.13. The third-order valence-corrected chi connectivity index (χ3v) is 5.41. The van der Waals surface area contributed by atoms with E-state index in [0.29, 0.717) is 29.3 Å². The number of ether oxygens (including phenoxy) is 1. The molecule has 0 amide bonds. The molecule has 5 rings (SSSR count). The molecule has 0 fully saturated rings. The SMILES string of the molecule is COc1ccc(CNc2ccc3nc(-c4ccccc4F)nc(Nc4ccncc4)c3c2)cc1. The van der Waals surface area contributed by atoms with Gasteiger partial charge in [0, 0.05) is 35.7 Å². The molecule has 0 bridgehead atoms. The van der Waals surface area contributed by atoms with Crippen molar-refractivity contribution in [3.63, 3.8) is 0 Å². The average molecular weight is 452 g/mol. The molecule has 34 heavy (non-hydrogen) atoms. The molecule has 5 aromatic rings. The van der Waals surface area contributed by atoms with E-state index in [-0.39, 0.29) is 5.82 Å². The Morgan fingerprint density at radius 2 is 1.65 bits per heavy atom. The molecule has 0 radical (unpaired) electrons. The van der Waals surface area contributed by atoms with Gasteiger partial charge in [-0.1, -0.05) is 24.3 Å². The van der Waals surface area contributed by atoms with E-state index >= 15 is 0 Å². The van der Waals surface area contributed by atoms with Crippen LogP contribution in [0, 0.1) is 5.82 Å². The number of aromatic nitrogens is 3. The minimum atomic E-state index is -0.366. The Hall–Kier alpha value is -4.52. The summed E-state index contributed by atoms with van der Waals surface area (Å²) in [5.74, 6) is 1.36. The lowest BCUT2D eigenvalue weighted by Crippen LogP contribution is -2.02. The molecule has 168 valence electrons. The van der Waals surface area contributed by atoms with Gasteiger partial charge in [-0.05, 0) is 60.2 Å². The minimum Gasteiger partial charge on any atom is -0.497 e. The Morgan fingerprint density at radius 1 is 0.853 bits per heavy atom. The fourth-order valence-corrected chi connectivity index (χ4v) is 3.62. The van der Waals surface area contributed by atoms with Crippen LogP contribution >= 0.6 is 0 Å². The molecule has 0 unspecified atom stereocenters. The number of rotatable bonds is 7. The van der Waals surface area contributed by atoms with Crippen molar-refractivity contribution in [2.45, 2.75) is 6.54 Å². The highest BCUT2D eigenvalue weighted by Gasteiger charge is 2.13. The smallest absolute Gasteiger partial charge is 0.165 e. The van der Waals surface area contributed by atoms with E-state index < -0.39 is 0 Å². The van der Waals surface area contributed by atoms with Crippen LogP contribution in [0.25, 0.3) is 22.3 Å². The molecule has 3 aromatic carbocycles. The summed E-state index contributed by atoms with van der Waals surface area (Å²) < 4.78 is 19.7. The van der Waals surface area contributed by atoms with Crippen molar-refractivity contribution >= 4 is 28.1 Å². The van der Waals surface area contributed by atoms with E-state index in [2.05, 4.69) is 25.6 Å². The number of fused-ring (bicyclic) bond motifs is 1. The van der Waals surface area contributed by atoms with Crippen molar-refractivity contribution in [1.29, 1.82) is 0 Å². The Morgan fingerprint density at radius 3 is 2.41 bits per heavy atom. The van der Waals surface area contributed by atoms with Gasteiger partial charge in [-0.25, -0.2) is 14.4 Å². The molecule has 0 saturated carbocycles. The molecule has 0 spiro atoms. The van der Waals surface area contributed by atoms with E-state index in [1.54, 1.807) is 37.7 Å². The van der Waals surface area contributed by atoms with Crippen LogP contribution in [0.1, 0.15) is 5.56 Å². The number of nitrogens with one attached hydrogen (secondary N) is 2. The molecule has 2 heterocycles. The minimum absolute atomic E-state index is 0.320. The number of nitrogens with zero attached hydrogens (tertiary/aromatic N) is 3. The van der Waals surface area contributed by atoms with Crippen LogP contribution in [0.4, 0.5) is 21.6 Å². The number of pyridine rings is 1. The predicted molar refractivity (Wildman–Crippen MR) is 133 cm³/mol. The van der Waals surface area contributed by atoms with E-state index in [9.17, 15) is 4.39 Å². The molecule has 7 heteroatoms. The van der Waals surface area contributed by atoms with Crippen LogP contribution < -0.4 is 15.4 Å². The highest BCUT2D eigenvalue weighted by molar-refractivity contribution is 5.94.